The smallest absolute Gasteiger partial charge is 0.282 e. The summed E-state index contributed by atoms with van der Waals surface area (Å²) in [6, 6.07) is 0. The van der Waals surface area contributed by atoms with Crippen LogP contribution >= 0.6 is 0 Å². The largest absolute Gasteiger partial charge is 0.449 e. The van der Waals surface area contributed by atoms with Crippen molar-refractivity contribution in [3.8, 4) is 0 Å². The molecule has 0 saturated heterocycles. The topological polar surface area (TPSA) is 18.5 Å². The predicted molar refractivity (Wildman–Crippen MR) is 35.1 cm³/mol. The summed E-state index contributed by atoms with van der Waals surface area (Å²) in [4.78, 5) is 0. The van der Waals surface area contributed by atoms with Crippen molar-refractivity contribution in [3.05, 3.63) is 0 Å². The summed E-state index contributed by atoms with van der Waals surface area (Å²) < 4.78 is 9.95. The Morgan fingerprint density at radius 2 is 2.33 bits per heavy atom. The molecule has 0 atom stereocenters. The molecule has 0 fully saturated rings. The third-order valence-corrected chi connectivity index (χ3v) is 3.65. The van der Waals surface area contributed by atoms with Crippen LogP contribution in [-0.2, 0) is 8.23 Å². The van der Waals surface area contributed by atoms with Gasteiger partial charge in [0.25, 0.3) is 10.0 Å². The van der Waals surface area contributed by atoms with Crippen molar-refractivity contribution in [3.63, 3.8) is 0 Å². The molecule has 0 aliphatic rings. The molecule has 0 aliphatic heterocycles. The molecular formula is CH10O2Si3. The van der Waals surface area contributed by atoms with Gasteiger partial charge in [-0.2, -0.15) is 0 Å². The summed E-state index contributed by atoms with van der Waals surface area (Å²) in [6.07, 6.45) is 0. The Bertz CT molecular complexity index is 20.8. The zero-order valence-electron chi connectivity index (χ0n) is 4.23. The van der Waals surface area contributed by atoms with Crippen LogP contribution in [0.4, 0.5) is 0 Å². The van der Waals surface area contributed by atoms with Gasteiger partial charge < -0.3 is 8.23 Å². The van der Waals surface area contributed by atoms with Gasteiger partial charge in [0.2, 0.25) is 0 Å². The van der Waals surface area contributed by atoms with Crippen molar-refractivity contribution in [2.75, 3.05) is 0 Å². The molecule has 6 heavy (non-hydrogen) atoms. The molecule has 2 nitrogen and oxygen atoms in total. The van der Waals surface area contributed by atoms with Gasteiger partial charge in [-0.25, -0.2) is 0 Å². The molecule has 0 aromatic heterocycles. The van der Waals surface area contributed by atoms with Crippen molar-refractivity contribution >= 4 is 30.3 Å². The van der Waals surface area contributed by atoms with E-state index in [4.69, 9.17) is 8.23 Å². The third-order valence-electron chi connectivity index (χ3n) is 0.405. The lowest BCUT2D eigenvalue weighted by molar-refractivity contribution is 0.505. The highest BCUT2D eigenvalue weighted by molar-refractivity contribution is 6.40. The molecular weight excluding hydrogens is 128 g/mol. The molecule has 0 heterocycles. The van der Waals surface area contributed by atoms with E-state index in [1.165, 1.54) is 0 Å². The molecule has 0 N–H and O–H groups in total. The molecule has 0 bridgehead atoms. The lowest BCUT2D eigenvalue weighted by atomic mass is 11.9. The molecule has 0 saturated carbocycles. The minimum Gasteiger partial charge on any atom is -0.449 e. The van der Waals surface area contributed by atoms with Gasteiger partial charge in [0, 0.05) is 0 Å². The van der Waals surface area contributed by atoms with Crippen LogP contribution < -0.4 is 0 Å². The Balaban J connectivity index is 2.34. The SMILES string of the molecule is C[SiH2]O[SiH2]O[SiH3]. The zero-order valence-corrected chi connectivity index (χ0v) is 9.06. The van der Waals surface area contributed by atoms with Gasteiger partial charge >= 0.3 is 0 Å². The Morgan fingerprint density at radius 3 is 2.50 bits per heavy atom. The Kier molecular flexibility index (Phi) is 6.10. The highest BCUT2D eigenvalue weighted by Crippen LogP contribution is 1.61. The summed E-state index contributed by atoms with van der Waals surface area (Å²) in [6.45, 7) is 2.12. The van der Waals surface area contributed by atoms with Crippen molar-refractivity contribution in [1.82, 2.24) is 0 Å². The average molecular weight is 138 g/mol. The van der Waals surface area contributed by atoms with Gasteiger partial charge in [0.15, 0.2) is 0 Å². The maximum absolute atomic E-state index is 5.07. The van der Waals surface area contributed by atoms with Crippen LogP contribution in [0, 0.1) is 0 Å². The average Bonchev–Trinajstić information content (AvgIpc) is 1.61. The second-order valence-corrected chi connectivity index (χ2v) is 5.65. The molecule has 0 aromatic rings. The van der Waals surface area contributed by atoms with Gasteiger partial charge in [-0.15, -0.1) is 0 Å². The normalized spacial score (nSPS) is 13.5. The summed E-state index contributed by atoms with van der Waals surface area (Å²) in [5, 5.41) is 0. The first-order valence-electron chi connectivity index (χ1n) is 1.98. The molecule has 0 unspecified atom stereocenters. The van der Waals surface area contributed by atoms with Crippen LogP contribution in [0.1, 0.15) is 0 Å². The quantitative estimate of drug-likeness (QED) is 0.315. The van der Waals surface area contributed by atoms with E-state index in [1.807, 2.05) is 0 Å². The summed E-state index contributed by atoms with van der Waals surface area (Å²) in [5.41, 5.74) is 0. The van der Waals surface area contributed by atoms with Crippen molar-refractivity contribution in [2.45, 2.75) is 6.55 Å². The van der Waals surface area contributed by atoms with E-state index < -0.39 is 10.0 Å². The Hall–Kier alpha value is 0.571. The minimum atomic E-state index is -0.455. The van der Waals surface area contributed by atoms with Gasteiger partial charge in [-0.05, 0) is 0 Å². The van der Waals surface area contributed by atoms with Gasteiger partial charge in [-0.1, -0.05) is 6.55 Å². The van der Waals surface area contributed by atoms with Crippen LogP contribution in [0.2, 0.25) is 6.55 Å². The molecule has 0 aliphatic carbocycles. The fraction of sp³-hybridized carbons (Fsp3) is 1.00. The molecule has 0 radical (unpaired) electrons. The minimum absolute atomic E-state index is 0.138. The molecule has 0 amide bonds. The fourth-order valence-corrected chi connectivity index (χ4v) is 3.00. The first-order valence-corrected chi connectivity index (χ1v) is 5.94. The third kappa shape index (κ3) is 4.57. The van der Waals surface area contributed by atoms with Crippen molar-refractivity contribution in [1.29, 1.82) is 0 Å². The lowest BCUT2D eigenvalue weighted by Crippen LogP contribution is -2.02. The summed E-state index contributed by atoms with van der Waals surface area (Å²) in [7, 11) is 0.269. The molecule has 0 rings (SSSR count). The van der Waals surface area contributed by atoms with Gasteiger partial charge in [0.05, 0.1) is 0 Å². The summed E-state index contributed by atoms with van der Waals surface area (Å²) in [5.74, 6) is 0. The number of hydrogen-bond acceptors (Lipinski definition) is 2. The van der Waals surface area contributed by atoms with E-state index in [2.05, 4.69) is 6.55 Å². The number of hydrogen-bond donors (Lipinski definition) is 0. The lowest BCUT2D eigenvalue weighted by Gasteiger charge is -1.93. The second-order valence-electron chi connectivity index (χ2n) is 0.899. The van der Waals surface area contributed by atoms with E-state index in [1.54, 1.807) is 0 Å². The monoisotopic (exact) mass is 138 g/mol. The van der Waals surface area contributed by atoms with Crippen LogP contribution in [0.3, 0.4) is 0 Å². The maximum atomic E-state index is 5.07. The Labute approximate surface area is 45.8 Å². The first kappa shape index (κ1) is 6.57. The number of rotatable bonds is 3. The predicted octanol–water partition coefficient (Wildman–Crippen LogP) is -2.57. The van der Waals surface area contributed by atoms with Gasteiger partial charge in [-0.3, -0.25) is 0 Å². The standard InChI is InChI=1S/CH10O2Si3/c1-5-3-6-2-4/h5-6H2,1,4H3. The van der Waals surface area contributed by atoms with E-state index in [0.29, 0.717) is 0 Å². The highest BCUT2D eigenvalue weighted by atomic mass is 28.3. The van der Waals surface area contributed by atoms with E-state index >= 15 is 0 Å². The highest BCUT2D eigenvalue weighted by Gasteiger charge is 1.74. The maximum Gasteiger partial charge on any atom is 0.282 e. The van der Waals surface area contributed by atoms with Crippen LogP contribution in [0.15, 0.2) is 0 Å². The Morgan fingerprint density at radius 1 is 1.67 bits per heavy atom. The first-order chi connectivity index (χ1) is 2.91. The molecule has 38 valence electrons. The molecule has 0 aromatic carbocycles. The van der Waals surface area contributed by atoms with Crippen molar-refractivity contribution < 1.29 is 8.23 Å². The van der Waals surface area contributed by atoms with Crippen LogP contribution in [0.5, 0.6) is 0 Å². The molecule has 5 heteroatoms. The summed E-state index contributed by atoms with van der Waals surface area (Å²) >= 11 is 0. The van der Waals surface area contributed by atoms with E-state index in [-0.39, 0.29) is 9.76 Å². The van der Waals surface area contributed by atoms with E-state index in [0.717, 1.165) is 10.5 Å². The fourth-order valence-electron chi connectivity index (χ4n) is 0.167. The zero-order chi connectivity index (χ0) is 4.83. The molecule has 0 spiro atoms. The van der Waals surface area contributed by atoms with E-state index in [9.17, 15) is 0 Å². The van der Waals surface area contributed by atoms with Crippen LogP contribution in [0.25, 0.3) is 0 Å². The van der Waals surface area contributed by atoms with Crippen LogP contribution in [-0.4, -0.2) is 30.3 Å². The van der Waals surface area contributed by atoms with Gasteiger partial charge in [0.1, 0.15) is 20.2 Å². The van der Waals surface area contributed by atoms with Crippen molar-refractivity contribution in [2.24, 2.45) is 0 Å². The second kappa shape index (κ2) is 5.57.